The summed E-state index contributed by atoms with van der Waals surface area (Å²) in [4.78, 5) is 12.4. The highest BCUT2D eigenvalue weighted by Crippen LogP contribution is 2.36. The Morgan fingerprint density at radius 1 is 1.00 bits per heavy atom. The highest BCUT2D eigenvalue weighted by molar-refractivity contribution is 6.34. The van der Waals surface area contributed by atoms with Crippen molar-refractivity contribution >= 4 is 34.8 Å². The molecule has 6 heteroatoms. The van der Waals surface area contributed by atoms with E-state index in [4.69, 9.17) is 32.7 Å². The van der Waals surface area contributed by atoms with Crippen LogP contribution in [0.3, 0.4) is 0 Å². The number of amides is 1. The maximum Gasteiger partial charge on any atom is 0.257 e. The molecule has 0 aliphatic rings. The molecule has 0 unspecified atom stereocenters. The van der Waals surface area contributed by atoms with E-state index in [2.05, 4.69) is 5.32 Å². The van der Waals surface area contributed by atoms with Crippen molar-refractivity contribution in [3.63, 3.8) is 0 Å². The van der Waals surface area contributed by atoms with Crippen molar-refractivity contribution in [2.45, 2.75) is 6.92 Å². The minimum atomic E-state index is -0.343. The van der Waals surface area contributed by atoms with Crippen LogP contribution in [0.4, 0.5) is 5.69 Å². The molecule has 0 aromatic heterocycles. The van der Waals surface area contributed by atoms with Crippen LogP contribution in [0.2, 0.25) is 10.0 Å². The van der Waals surface area contributed by atoms with E-state index in [-0.39, 0.29) is 5.91 Å². The van der Waals surface area contributed by atoms with Crippen molar-refractivity contribution in [3.05, 3.63) is 51.5 Å². The van der Waals surface area contributed by atoms with Crippen molar-refractivity contribution in [3.8, 4) is 11.5 Å². The molecule has 0 bridgehead atoms. The number of nitrogens with one attached hydrogen (secondary N) is 1. The van der Waals surface area contributed by atoms with E-state index >= 15 is 0 Å². The fraction of sp³-hybridized carbons (Fsp3) is 0.188. The first-order chi connectivity index (χ1) is 10.5. The maximum atomic E-state index is 12.4. The van der Waals surface area contributed by atoms with Crippen LogP contribution in [-0.2, 0) is 0 Å². The minimum Gasteiger partial charge on any atom is -0.495 e. The molecule has 0 saturated carbocycles. The molecule has 116 valence electrons. The van der Waals surface area contributed by atoms with Crippen molar-refractivity contribution in [2.24, 2.45) is 0 Å². The summed E-state index contributed by atoms with van der Waals surface area (Å²) >= 11 is 12.2. The summed E-state index contributed by atoms with van der Waals surface area (Å²) < 4.78 is 10.4. The van der Waals surface area contributed by atoms with Crippen LogP contribution in [0.5, 0.6) is 11.5 Å². The third-order valence-corrected chi connectivity index (χ3v) is 3.70. The molecule has 1 N–H and O–H groups in total. The van der Waals surface area contributed by atoms with E-state index < -0.39 is 0 Å². The summed E-state index contributed by atoms with van der Waals surface area (Å²) in [7, 11) is 3.00. The van der Waals surface area contributed by atoms with Gasteiger partial charge in [-0.15, -0.1) is 0 Å². The monoisotopic (exact) mass is 339 g/mol. The van der Waals surface area contributed by atoms with Gasteiger partial charge in [0.1, 0.15) is 11.5 Å². The molecule has 2 aromatic rings. The third kappa shape index (κ3) is 3.46. The Kier molecular flexibility index (Phi) is 5.16. The molecule has 0 saturated heterocycles. The largest absolute Gasteiger partial charge is 0.495 e. The molecule has 0 atom stereocenters. The van der Waals surface area contributed by atoms with Crippen LogP contribution in [0.15, 0.2) is 30.3 Å². The number of hydrogen-bond acceptors (Lipinski definition) is 3. The Hall–Kier alpha value is -1.91. The molecule has 0 fully saturated rings. The van der Waals surface area contributed by atoms with Crippen molar-refractivity contribution in [1.29, 1.82) is 0 Å². The Balaban J connectivity index is 2.33. The van der Waals surface area contributed by atoms with Gasteiger partial charge < -0.3 is 14.8 Å². The second-order valence-corrected chi connectivity index (χ2v) is 5.44. The molecular formula is C16H15Cl2NO3. The molecule has 0 aliphatic heterocycles. The highest BCUT2D eigenvalue weighted by Gasteiger charge is 2.15. The summed E-state index contributed by atoms with van der Waals surface area (Å²) in [6.07, 6.45) is 0. The summed E-state index contributed by atoms with van der Waals surface area (Å²) in [5.41, 5.74) is 1.79. The second kappa shape index (κ2) is 6.90. The number of halogens is 2. The van der Waals surface area contributed by atoms with Gasteiger partial charge in [0.05, 0.1) is 35.5 Å². The lowest BCUT2D eigenvalue weighted by atomic mass is 10.1. The maximum absolute atomic E-state index is 12.4. The Morgan fingerprint density at radius 2 is 1.68 bits per heavy atom. The van der Waals surface area contributed by atoms with Crippen LogP contribution >= 0.6 is 23.2 Å². The third-order valence-electron chi connectivity index (χ3n) is 3.09. The number of carbonyl (C=O) groups is 1. The molecule has 0 radical (unpaired) electrons. The van der Waals surface area contributed by atoms with Crippen LogP contribution in [0.1, 0.15) is 15.9 Å². The number of anilines is 1. The first-order valence-electron chi connectivity index (χ1n) is 6.45. The van der Waals surface area contributed by atoms with Crippen LogP contribution in [0, 0.1) is 6.92 Å². The van der Waals surface area contributed by atoms with Crippen molar-refractivity contribution in [2.75, 3.05) is 19.5 Å². The van der Waals surface area contributed by atoms with Gasteiger partial charge in [0.25, 0.3) is 5.91 Å². The standard InChI is InChI=1S/C16H15Cl2NO3/c1-9-4-5-10(11(17)6-9)16(20)19-13-7-12(18)14(21-2)8-15(13)22-3/h4-8H,1-3H3,(H,19,20). The first kappa shape index (κ1) is 16.5. The van der Waals surface area contributed by atoms with Crippen LogP contribution < -0.4 is 14.8 Å². The average Bonchev–Trinajstić information content (AvgIpc) is 2.47. The van der Waals surface area contributed by atoms with Crippen molar-refractivity contribution < 1.29 is 14.3 Å². The summed E-state index contributed by atoms with van der Waals surface area (Å²) in [6, 6.07) is 8.40. The molecule has 22 heavy (non-hydrogen) atoms. The van der Waals surface area contributed by atoms with Gasteiger partial charge in [0, 0.05) is 6.07 Å². The zero-order chi connectivity index (χ0) is 16.3. The van der Waals surface area contributed by atoms with Gasteiger partial charge in [-0.1, -0.05) is 29.3 Å². The lowest BCUT2D eigenvalue weighted by Crippen LogP contribution is -2.13. The number of rotatable bonds is 4. The van der Waals surface area contributed by atoms with Gasteiger partial charge in [0.2, 0.25) is 0 Å². The molecule has 0 spiro atoms. The predicted octanol–water partition coefficient (Wildman–Crippen LogP) is 4.57. The minimum absolute atomic E-state index is 0.343. The predicted molar refractivity (Wildman–Crippen MR) is 88.7 cm³/mol. The van der Waals surface area contributed by atoms with E-state index in [0.29, 0.717) is 32.8 Å². The fourth-order valence-corrected chi connectivity index (χ4v) is 2.51. The summed E-state index contributed by atoms with van der Waals surface area (Å²) in [6.45, 7) is 1.90. The van der Waals surface area contributed by atoms with Crippen molar-refractivity contribution in [1.82, 2.24) is 0 Å². The smallest absolute Gasteiger partial charge is 0.257 e. The first-order valence-corrected chi connectivity index (χ1v) is 7.21. The topological polar surface area (TPSA) is 47.6 Å². The van der Waals surface area contributed by atoms with E-state index in [1.165, 1.54) is 14.2 Å². The Morgan fingerprint density at radius 3 is 2.27 bits per heavy atom. The van der Waals surface area contributed by atoms with Crippen LogP contribution in [-0.4, -0.2) is 20.1 Å². The van der Waals surface area contributed by atoms with E-state index in [1.54, 1.807) is 24.3 Å². The zero-order valence-electron chi connectivity index (χ0n) is 12.4. The Labute approximate surface area is 138 Å². The van der Waals surface area contributed by atoms with Gasteiger partial charge >= 0.3 is 0 Å². The molecule has 1 amide bonds. The zero-order valence-corrected chi connectivity index (χ0v) is 13.9. The van der Waals surface area contributed by atoms with E-state index in [9.17, 15) is 4.79 Å². The number of aryl methyl sites for hydroxylation is 1. The summed E-state index contributed by atoms with van der Waals surface area (Å²) in [5.74, 6) is 0.562. The molecule has 2 aromatic carbocycles. The number of hydrogen-bond donors (Lipinski definition) is 1. The van der Waals surface area contributed by atoms with Gasteiger partial charge in [-0.25, -0.2) is 0 Å². The SMILES string of the molecule is COc1cc(OC)c(NC(=O)c2ccc(C)cc2Cl)cc1Cl. The van der Waals surface area contributed by atoms with Gasteiger partial charge in [0.15, 0.2) is 0 Å². The molecule has 0 heterocycles. The average molecular weight is 340 g/mol. The Bertz CT molecular complexity index is 717. The van der Waals surface area contributed by atoms with Gasteiger partial charge in [-0.05, 0) is 30.7 Å². The molecule has 2 rings (SSSR count). The second-order valence-electron chi connectivity index (χ2n) is 4.62. The van der Waals surface area contributed by atoms with Gasteiger partial charge in [-0.2, -0.15) is 0 Å². The van der Waals surface area contributed by atoms with Crippen LogP contribution in [0.25, 0.3) is 0 Å². The summed E-state index contributed by atoms with van der Waals surface area (Å²) in [5, 5.41) is 3.50. The number of benzene rings is 2. The highest BCUT2D eigenvalue weighted by atomic mass is 35.5. The lowest BCUT2D eigenvalue weighted by Gasteiger charge is -2.13. The molecular weight excluding hydrogens is 325 g/mol. The number of ether oxygens (including phenoxy) is 2. The van der Waals surface area contributed by atoms with E-state index in [1.807, 2.05) is 13.0 Å². The quantitative estimate of drug-likeness (QED) is 0.887. The fourth-order valence-electron chi connectivity index (χ4n) is 1.95. The van der Waals surface area contributed by atoms with Gasteiger partial charge in [-0.3, -0.25) is 4.79 Å². The molecule has 4 nitrogen and oxygen atoms in total. The molecule has 0 aliphatic carbocycles. The lowest BCUT2D eigenvalue weighted by molar-refractivity contribution is 0.102. The number of methoxy groups -OCH3 is 2. The number of carbonyl (C=O) groups excluding carboxylic acids is 1. The van der Waals surface area contributed by atoms with E-state index in [0.717, 1.165) is 5.56 Å². The normalized spacial score (nSPS) is 10.2.